The minimum atomic E-state index is -0.175. The second kappa shape index (κ2) is 7.99. The van der Waals surface area contributed by atoms with E-state index in [0.717, 1.165) is 35.4 Å². The summed E-state index contributed by atoms with van der Waals surface area (Å²) in [5.74, 6) is 0.544. The summed E-state index contributed by atoms with van der Waals surface area (Å²) in [5, 5.41) is 16.2. The van der Waals surface area contributed by atoms with E-state index in [9.17, 15) is 4.79 Å². The van der Waals surface area contributed by atoms with Gasteiger partial charge in [-0.1, -0.05) is 24.3 Å². The molecule has 1 aliphatic rings. The van der Waals surface area contributed by atoms with Crippen molar-refractivity contribution in [2.24, 2.45) is 0 Å². The lowest BCUT2D eigenvalue weighted by Crippen LogP contribution is -2.29. The van der Waals surface area contributed by atoms with Gasteiger partial charge in [-0.3, -0.25) is 9.78 Å². The van der Waals surface area contributed by atoms with E-state index in [1.165, 1.54) is 12.8 Å². The van der Waals surface area contributed by atoms with E-state index >= 15 is 0 Å². The molecule has 0 atom stereocenters. The molecule has 1 saturated heterocycles. The Balaban J connectivity index is 1.32. The molecule has 0 spiro atoms. The van der Waals surface area contributed by atoms with Crippen LogP contribution in [0.25, 0.3) is 10.8 Å². The van der Waals surface area contributed by atoms with E-state index < -0.39 is 0 Å². The largest absolute Gasteiger partial charge is 0.370 e. The minimum absolute atomic E-state index is 0.175. The third-order valence-corrected chi connectivity index (χ3v) is 4.72. The molecule has 2 N–H and O–H groups in total. The summed E-state index contributed by atoms with van der Waals surface area (Å²) in [6.07, 6.45) is 5.90. The molecule has 1 fully saturated rings. The number of hydrogen-bond acceptors (Lipinski definition) is 6. The number of carbonyl (C=O) groups excluding carboxylic acids is 1. The maximum absolute atomic E-state index is 12.5. The predicted molar refractivity (Wildman–Crippen MR) is 106 cm³/mol. The first-order chi connectivity index (χ1) is 13.3. The molecule has 4 rings (SSSR count). The van der Waals surface area contributed by atoms with Crippen LogP contribution in [-0.4, -0.2) is 47.3 Å². The lowest BCUT2D eigenvalue weighted by molar-refractivity contribution is 0.0952. The van der Waals surface area contributed by atoms with Crippen LogP contribution in [0.3, 0.4) is 0 Å². The molecule has 0 unspecified atom stereocenters. The number of amides is 1. The quantitative estimate of drug-likeness (QED) is 0.656. The number of aromatic nitrogens is 3. The van der Waals surface area contributed by atoms with Crippen molar-refractivity contribution < 1.29 is 4.79 Å². The van der Waals surface area contributed by atoms with Crippen molar-refractivity contribution >= 4 is 28.2 Å². The first-order valence-corrected chi connectivity index (χ1v) is 9.25. The number of hydrogen-bond donors (Lipinski definition) is 2. The van der Waals surface area contributed by atoms with Crippen LogP contribution in [0.4, 0.5) is 11.5 Å². The summed E-state index contributed by atoms with van der Waals surface area (Å²) in [7, 11) is 0. The molecule has 3 aromatic rings. The fourth-order valence-electron chi connectivity index (χ4n) is 3.34. The van der Waals surface area contributed by atoms with Crippen LogP contribution in [0.1, 0.15) is 23.3 Å². The maximum atomic E-state index is 12.5. The van der Waals surface area contributed by atoms with Gasteiger partial charge in [0.05, 0.1) is 11.9 Å². The molecule has 0 bridgehead atoms. The van der Waals surface area contributed by atoms with E-state index in [-0.39, 0.29) is 5.91 Å². The second-order valence-electron chi connectivity index (χ2n) is 6.56. The summed E-state index contributed by atoms with van der Waals surface area (Å²) >= 11 is 0. The van der Waals surface area contributed by atoms with Crippen molar-refractivity contribution in [2.75, 3.05) is 36.4 Å². The van der Waals surface area contributed by atoms with Crippen molar-refractivity contribution in [3.63, 3.8) is 0 Å². The van der Waals surface area contributed by atoms with Crippen LogP contribution >= 0.6 is 0 Å². The van der Waals surface area contributed by atoms with Crippen molar-refractivity contribution in [1.29, 1.82) is 0 Å². The molecule has 0 saturated carbocycles. The molecule has 138 valence electrons. The smallest absolute Gasteiger partial charge is 0.270 e. The Morgan fingerprint density at radius 2 is 1.96 bits per heavy atom. The monoisotopic (exact) mass is 362 g/mol. The zero-order valence-corrected chi connectivity index (χ0v) is 15.1. The Morgan fingerprint density at radius 3 is 2.85 bits per heavy atom. The SMILES string of the molecule is O=C(NCCNc1cc(N2CCCC2)cnn1)c1nccc2ccccc12. The highest BCUT2D eigenvalue weighted by atomic mass is 16.1. The molecular formula is C20H22N6O. The number of nitrogens with one attached hydrogen (secondary N) is 2. The average molecular weight is 362 g/mol. The number of carbonyl (C=O) groups is 1. The number of anilines is 2. The van der Waals surface area contributed by atoms with Gasteiger partial charge in [0.25, 0.3) is 5.91 Å². The molecule has 1 amide bonds. The van der Waals surface area contributed by atoms with Gasteiger partial charge in [0.1, 0.15) is 5.69 Å². The van der Waals surface area contributed by atoms with Crippen LogP contribution in [0.2, 0.25) is 0 Å². The summed E-state index contributed by atoms with van der Waals surface area (Å²) in [5.41, 5.74) is 1.54. The number of pyridine rings is 1. The zero-order valence-electron chi connectivity index (χ0n) is 15.1. The lowest BCUT2D eigenvalue weighted by atomic mass is 10.1. The fourth-order valence-corrected chi connectivity index (χ4v) is 3.34. The van der Waals surface area contributed by atoms with Crippen LogP contribution < -0.4 is 15.5 Å². The molecule has 2 aromatic heterocycles. The van der Waals surface area contributed by atoms with Crippen LogP contribution in [0.5, 0.6) is 0 Å². The van der Waals surface area contributed by atoms with Crippen LogP contribution in [0.15, 0.2) is 48.8 Å². The predicted octanol–water partition coefficient (Wildman–Crippen LogP) is 2.47. The van der Waals surface area contributed by atoms with E-state index in [4.69, 9.17) is 0 Å². The van der Waals surface area contributed by atoms with Gasteiger partial charge in [-0.25, -0.2) is 0 Å². The molecular weight excluding hydrogens is 340 g/mol. The lowest BCUT2D eigenvalue weighted by Gasteiger charge is -2.17. The third-order valence-electron chi connectivity index (χ3n) is 4.72. The molecule has 1 aliphatic heterocycles. The van der Waals surface area contributed by atoms with Crippen LogP contribution in [-0.2, 0) is 0 Å². The van der Waals surface area contributed by atoms with E-state index in [2.05, 4.69) is 30.7 Å². The van der Waals surface area contributed by atoms with Crippen LogP contribution in [0, 0.1) is 0 Å². The molecule has 0 aliphatic carbocycles. The number of nitrogens with zero attached hydrogens (tertiary/aromatic N) is 4. The van der Waals surface area contributed by atoms with Gasteiger partial charge in [0.15, 0.2) is 5.82 Å². The number of benzene rings is 1. The van der Waals surface area contributed by atoms with E-state index in [1.807, 2.05) is 36.4 Å². The fraction of sp³-hybridized carbons (Fsp3) is 0.300. The van der Waals surface area contributed by atoms with Gasteiger partial charge < -0.3 is 15.5 Å². The number of fused-ring (bicyclic) bond motifs is 1. The zero-order chi connectivity index (χ0) is 18.5. The number of rotatable bonds is 6. The highest BCUT2D eigenvalue weighted by Gasteiger charge is 2.13. The van der Waals surface area contributed by atoms with Crippen molar-refractivity contribution in [1.82, 2.24) is 20.5 Å². The topological polar surface area (TPSA) is 83.0 Å². The van der Waals surface area contributed by atoms with Gasteiger partial charge in [-0.05, 0) is 24.3 Å². The standard InChI is InChI=1S/C20H22N6O/c27-20(19-17-6-2-1-5-15(17)7-8-22-19)23-10-9-21-18-13-16(14-24-25-18)26-11-3-4-12-26/h1-2,5-8,13-14H,3-4,9-12H2,(H,21,25)(H,23,27). The van der Waals surface area contributed by atoms with E-state index in [0.29, 0.717) is 18.8 Å². The Hall–Kier alpha value is -3.22. The third kappa shape index (κ3) is 3.97. The van der Waals surface area contributed by atoms with Gasteiger partial charge in [-0.15, -0.1) is 5.10 Å². The molecule has 3 heterocycles. The summed E-state index contributed by atoms with van der Waals surface area (Å²) < 4.78 is 0. The first-order valence-electron chi connectivity index (χ1n) is 9.25. The van der Waals surface area contributed by atoms with Crippen molar-refractivity contribution in [3.05, 3.63) is 54.5 Å². The van der Waals surface area contributed by atoms with Gasteiger partial charge in [-0.2, -0.15) is 5.10 Å². The average Bonchev–Trinajstić information content (AvgIpc) is 3.26. The van der Waals surface area contributed by atoms with Crippen molar-refractivity contribution in [2.45, 2.75) is 12.8 Å². The summed E-state index contributed by atoms with van der Waals surface area (Å²) in [6.45, 7) is 3.17. The molecule has 7 nitrogen and oxygen atoms in total. The van der Waals surface area contributed by atoms with E-state index in [1.54, 1.807) is 12.4 Å². The van der Waals surface area contributed by atoms with Gasteiger partial charge in [0.2, 0.25) is 0 Å². The van der Waals surface area contributed by atoms with Gasteiger partial charge in [0, 0.05) is 43.8 Å². The first kappa shape index (κ1) is 17.2. The maximum Gasteiger partial charge on any atom is 0.270 e. The Kier molecular flexibility index (Phi) is 5.09. The minimum Gasteiger partial charge on any atom is -0.370 e. The summed E-state index contributed by atoms with van der Waals surface area (Å²) in [6, 6.07) is 11.7. The normalized spacial score (nSPS) is 13.7. The second-order valence-corrected chi connectivity index (χ2v) is 6.56. The highest BCUT2D eigenvalue weighted by molar-refractivity contribution is 6.05. The summed E-state index contributed by atoms with van der Waals surface area (Å²) in [4.78, 5) is 19.0. The van der Waals surface area contributed by atoms with Gasteiger partial charge >= 0.3 is 0 Å². The molecule has 0 radical (unpaired) electrons. The molecule has 1 aromatic carbocycles. The molecule has 27 heavy (non-hydrogen) atoms. The van der Waals surface area contributed by atoms with Crippen molar-refractivity contribution in [3.8, 4) is 0 Å². The highest BCUT2D eigenvalue weighted by Crippen LogP contribution is 2.20. The molecule has 7 heteroatoms. The Morgan fingerprint density at radius 1 is 1.11 bits per heavy atom. The Labute approximate surface area is 157 Å². The Bertz CT molecular complexity index is 933.